The minimum absolute atomic E-state index is 0.00794. The number of aryl methyl sites for hydroxylation is 1. The van der Waals surface area contributed by atoms with Crippen molar-refractivity contribution in [3.8, 4) is 17.0 Å². The summed E-state index contributed by atoms with van der Waals surface area (Å²) in [5, 5.41) is 10.6. The van der Waals surface area contributed by atoms with Gasteiger partial charge in [-0.3, -0.25) is 0 Å². The van der Waals surface area contributed by atoms with Crippen LogP contribution in [0.1, 0.15) is 38.1 Å². The minimum Gasteiger partial charge on any atom is -0.489 e. The van der Waals surface area contributed by atoms with E-state index in [1.165, 1.54) is 0 Å². The third-order valence-electron chi connectivity index (χ3n) is 6.43. The smallest absolute Gasteiger partial charge is 0.153 e. The summed E-state index contributed by atoms with van der Waals surface area (Å²) in [5.74, 6) is 1.34. The van der Waals surface area contributed by atoms with E-state index in [-0.39, 0.29) is 28.3 Å². The van der Waals surface area contributed by atoms with Crippen molar-refractivity contribution in [3.05, 3.63) is 34.6 Å². The topological polar surface area (TPSA) is 93.7 Å². The summed E-state index contributed by atoms with van der Waals surface area (Å²) in [7, 11) is 0. The number of aliphatic hydroxyl groups is 1. The Morgan fingerprint density at radius 3 is 2.66 bits per heavy atom. The fourth-order valence-electron chi connectivity index (χ4n) is 4.56. The Bertz CT molecular complexity index is 982. The first kappa shape index (κ1) is 23.9. The number of nitrogens with two attached hydrogens (primary N) is 1. The highest BCUT2D eigenvalue weighted by Gasteiger charge is 2.48. The van der Waals surface area contributed by atoms with Crippen molar-refractivity contribution in [1.29, 1.82) is 0 Å². The van der Waals surface area contributed by atoms with Crippen molar-refractivity contribution in [2.45, 2.75) is 56.5 Å². The lowest BCUT2D eigenvalue weighted by Gasteiger charge is -2.41. The maximum atomic E-state index is 10.1. The van der Waals surface area contributed by atoms with Crippen molar-refractivity contribution in [1.82, 2.24) is 9.97 Å². The zero-order valence-electron chi connectivity index (χ0n) is 18.6. The molecular formula is C23H30ClIN4O3. The number of aromatic nitrogens is 2. The van der Waals surface area contributed by atoms with Gasteiger partial charge in [0.25, 0.3) is 0 Å². The molecule has 0 aliphatic carbocycles. The predicted molar refractivity (Wildman–Crippen MR) is 135 cm³/mol. The van der Waals surface area contributed by atoms with E-state index in [4.69, 9.17) is 36.8 Å². The lowest BCUT2D eigenvalue weighted by molar-refractivity contribution is 0.127. The summed E-state index contributed by atoms with van der Waals surface area (Å²) in [6.45, 7) is 7.96. The zero-order valence-corrected chi connectivity index (χ0v) is 21.6. The van der Waals surface area contributed by atoms with Crippen LogP contribution in [0.15, 0.2) is 18.2 Å². The molecule has 2 saturated heterocycles. The van der Waals surface area contributed by atoms with E-state index < -0.39 is 0 Å². The summed E-state index contributed by atoms with van der Waals surface area (Å²) in [6, 6.07) is 5.68. The van der Waals surface area contributed by atoms with Gasteiger partial charge in [-0.1, -0.05) is 23.7 Å². The van der Waals surface area contributed by atoms with Crippen molar-refractivity contribution in [2.75, 3.05) is 24.6 Å². The third-order valence-corrected chi connectivity index (χ3v) is 7.95. The number of nitrogens with zero attached hydrogens (tertiary/aromatic N) is 3. The first-order valence-corrected chi connectivity index (χ1v) is 12.6. The molecule has 2 aromatic rings. The van der Waals surface area contributed by atoms with Crippen LogP contribution in [0, 0.1) is 12.3 Å². The van der Waals surface area contributed by atoms with E-state index in [2.05, 4.69) is 27.5 Å². The molecule has 0 radical (unpaired) electrons. The van der Waals surface area contributed by atoms with Gasteiger partial charge >= 0.3 is 0 Å². The van der Waals surface area contributed by atoms with Crippen molar-refractivity contribution in [3.63, 3.8) is 0 Å². The molecule has 7 nitrogen and oxygen atoms in total. The molecule has 2 aliphatic heterocycles. The fraction of sp³-hybridized carbons (Fsp3) is 0.565. The summed E-state index contributed by atoms with van der Waals surface area (Å²) < 4.78 is 11.7. The average Bonchev–Trinajstić information content (AvgIpc) is 3.04. The molecule has 3 heterocycles. The van der Waals surface area contributed by atoms with E-state index in [0.29, 0.717) is 28.8 Å². The molecule has 0 unspecified atom stereocenters. The Labute approximate surface area is 207 Å². The molecule has 0 saturated carbocycles. The number of alkyl halides is 1. The third kappa shape index (κ3) is 4.44. The van der Waals surface area contributed by atoms with Gasteiger partial charge in [-0.05, 0) is 62.3 Å². The van der Waals surface area contributed by atoms with Crippen molar-refractivity contribution >= 4 is 40.0 Å². The van der Waals surface area contributed by atoms with Crippen LogP contribution in [0.4, 0.5) is 5.82 Å². The highest BCUT2D eigenvalue weighted by Crippen LogP contribution is 2.44. The monoisotopic (exact) mass is 572 g/mol. The number of benzene rings is 1. The number of halogens is 2. The van der Waals surface area contributed by atoms with Gasteiger partial charge in [-0.2, -0.15) is 0 Å². The first-order valence-electron chi connectivity index (χ1n) is 11.0. The average molecular weight is 573 g/mol. The van der Waals surface area contributed by atoms with Gasteiger partial charge in [0.1, 0.15) is 15.6 Å². The minimum atomic E-state index is -0.199. The lowest BCUT2D eigenvalue weighted by atomic mass is 9.75. The largest absolute Gasteiger partial charge is 0.489 e. The molecule has 1 spiro atoms. The van der Waals surface area contributed by atoms with Gasteiger partial charge < -0.3 is 25.2 Å². The molecule has 4 rings (SSSR count). The number of aliphatic hydroxyl groups excluding tert-OH is 1. The van der Waals surface area contributed by atoms with E-state index in [1.54, 1.807) is 0 Å². The molecule has 0 amide bonds. The van der Waals surface area contributed by atoms with Crippen LogP contribution in [-0.2, 0) is 11.3 Å². The number of piperidine rings is 1. The molecule has 0 bridgehead atoms. The molecule has 32 heavy (non-hydrogen) atoms. The van der Waals surface area contributed by atoms with Crippen LogP contribution < -0.4 is 15.4 Å². The first-order chi connectivity index (χ1) is 15.3. The van der Waals surface area contributed by atoms with Crippen LogP contribution in [-0.4, -0.2) is 51.0 Å². The molecule has 3 N–H and O–H groups in total. The molecule has 2 fully saturated rings. The number of hydrogen-bond acceptors (Lipinski definition) is 7. The number of rotatable bonds is 5. The van der Waals surface area contributed by atoms with Crippen LogP contribution in [0.25, 0.3) is 11.3 Å². The van der Waals surface area contributed by atoms with Crippen LogP contribution >= 0.6 is 34.2 Å². The summed E-state index contributed by atoms with van der Waals surface area (Å²) >= 11 is 8.93. The van der Waals surface area contributed by atoms with E-state index in [1.807, 2.05) is 39.0 Å². The van der Waals surface area contributed by atoms with Crippen LogP contribution in [0.5, 0.6) is 5.75 Å². The normalized spacial score (nSPS) is 22.7. The standard InChI is InChI=1S/C23H30ClIN4O3/c1-13(2)32-17-6-4-5-15(18(17)24)19-14(3)27-22(16(11-30)28-19)29-9-7-23(8-10-29)12-31-21(25)20(23)26/h4-6,13,20-21,30H,7-12,26H2,1-3H3/t20-,21-/m1/s1. The number of hydrogen-bond donors (Lipinski definition) is 2. The number of anilines is 1. The van der Waals surface area contributed by atoms with Crippen molar-refractivity contribution < 1.29 is 14.6 Å². The summed E-state index contributed by atoms with van der Waals surface area (Å²) in [4.78, 5) is 11.9. The van der Waals surface area contributed by atoms with Gasteiger partial charge in [0.05, 0.1) is 35.7 Å². The van der Waals surface area contributed by atoms with Crippen LogP contribution in [0.3, 0.4) is 0 Å². The Morgan fingerprint density at radius 2 is 2.06 bits per heavy atom. The summed E-state index contributed by atoms with van der Waals surface area (Å²) in [5.41, 5.74) is 9.18. The predicted octanol–water partition coefficient (Wildman–Crippen LogP) is 4.09. The quantitative estimate of drug-likeness (QED) is 0.412. The highest BCUT2D eigenvalue weighted by molar-refractivity contribution is 14.1. The molecule has 9 heteroatoms. The molecule has 2 aliphatic rings. The molecule has 174 valence electrons. The van der Waals surface area contributed by atoms with Crippen LogP contribution in [0.2, 0.25) is 5.02 Å². The fourth-order valence-corrected chi connectivity index (χ4v) is 5.76. The second kappa shape index (κ2) is 9.58. The van der Waals surface area contributed by atoms with E-state index in [0.717, 1.165) is 43.0 Å². The highest BCUT2D eigenvalue weighted by atomic mass is 127. The van der Waals surface area contributed by atoms with Crippen molar-refractivity contribution in [2.24, 2.45) is 11.1 Å². The van der Waals surface area contributed by atoms with Gasteiger partial charge in [0.2, 0.25) is 0 Å². The zero-order chi connectivity index (χ0) is 23.0. The summed E-state index contributed by atoms with van der Waals surface area (Å²) in [6.07, 6.45) is 1.87. The maximum absolute atomic E-state index is 10.1. The van der Waals surface area contributed by atoms with Gasteiger partial charge in [-0.25, -0.2) is 9.97 Å². The second-order valence-electron chi connectivity index (χ2n) is 8.91. The molecular weight excluding hydrogens is 543 g/mol. The Kier molecular flexibility index (Phi) is 7.17. The molecule has 2 atom stereocenters. The Hall–Kier alpha value is -1.20. The number of ether oxygens (including phenoxy) is 2. The van der Waals surface area contributed by atoms with Gasteiger partial charge in [0, 0.05) is 30.1 Å². The van der Waals surface area contributed by atoms with Gasteiger partial charge in [-0.15, -0.1) is 0 Å². The molecule has 1 aromatic heterocycles. The van der Waals surface area contributed by atoms with Gasteiger partial charge in [0.15, 0.2) is 5.82 Å². The SMILES string of the molecule is Cc1nc(N2CCC3(CC2)CO[C@@H](I)[C@H]3N)c(CO)nc1-c1cccc(OC(C)C)c1Cl. The molecule has 1 aromatic carbocycles. The Morgan fingerprint density at radius 1 is 1.34 bits per heavy atom. The lowest BCUT2D eigenvalue weighted by Crippen LogP contribution is -2.50. The maximum Gasteiger partial charge on any atom is 0.153 e. The van der Waals surface area contributed by atoms with E-state index >= 15 is 0 Å². The Balaban J connectivity index is 1.62. The van der Waals surface area contributed by atoms with E-state index in [9.17, 15) is 5.11 Å². The second-order valence-corrected chi connectivity index (χ2v) is 10.5.